The number of nitrogens with zero attached hydrogens (tertiary/aromatic N) is 1. The third-order valence-corrected chi connectivity index (χ3v) is 2.19. The van der Waals surface area contributed by atoms with Crippen LogP contribution in [0.2, 0.25) is 0 Å². The molecule has 4 heteroatoms. The molecule has 1 aromatic rings. The zero-order chi connectivity index (χ0) is 13.1. The number of rotatable bonds is 4. The normalized spacial score (nSPS) is 13.0. The summed E-state index contributed by atoms with van der Waals surface area (Å²) in [5, 5.41) is 3.89. The van der Waals surface area contributed by atoms with Crippen LogP contribution in [-0.4, -0.2) is 11.8 Å². The summed E-state index contributed by atoms with van der Waals surface area (Å²) < 4.78 is 26.3. The first-order chi connectivity index (χ1) is 7.80. The highest BCUT2D eigenvalue weighted by molar-refractivity contribution is 5.98. The van der Waals surface area contributed by atoms with Gasteiger partial charge in [0.25, 0.3) is 5.92 Å². The smallest absolute Gasteiger partial charge is 0.270 e. The fourth-order valence-corrected chi connectivity index (χ4v) is 1.25. The first-order valence-electron chi connectivity index (χ1n) is 5.50. The molecule has 0 fully saturated rings. The van der Waals surface area contributed by atoms with Gasteiger partial charge in [-0.05, 0) is 32.4 Å². The summed E-state index contributed by atoms with van der Waals surface area (Å²) in [6, 6.07) is 6.16. The Kier molecular flexibility index (Phi) is 4.21. The van der Waals surface area contributed by atoms with Gasteiger partial charge in [-0.1, -0.05) is 23.4 Å². The first kappa shape index (κ1) is 13.6. The number of hydrogen-bond acceptors (Lipinski definition) is 2. The standard InChI is InChI=1S/C13H17F2NO/c1-9(2)17-16-10(3)11-6-5-7-12(8-11)13(4,14)15/h5-9H,1-4H3/b16-10+. The Balaban J connectivity index is 2.96. The molecule has 0 bridgehead atoms. The van der Waals surface area contributed by atoms with Gasteiger partial charge in [0.2, 0.25) is 0 Å². The monoisotopic (exact) mass is 241 g/mol. The first-order valence-corrected chi connectivity index (χ1v) is 5.50. The predicted molar refractivity (Wildman–Crippen MR) is 64.4 cm³/mol. The van der Waals surface area contributed by atoms with Gasteiger partial charge in [0.05, 0.1) is 5.71 Å². The van der Waals surface area contributed by atoms with E-state index in [1.807, 2.05) is 13.8 Å². The number of oxime groups is 1. The van der Waals surface area contributed by atoms with Gasteiger partial charge in [0.15, 0.2) is 0 Å². The van der Waals surface area contributed by atoms with Gasteiger partial charge in [-0.15, -0.1) is 0 Å². The Morgan fingerprint density at radius 1 is 1.35 bits per heavy atom. The second-order valence-corrected chi connectivity index (χ2v) is 4.30. The Morgan fingerprint density at radius 3 is 2.53 bits per heavy atom. The number of hydrogen-bond donors (Lipinski definition) is 0. The summed E-state index contributed by atoms with van der Waals surface area (Å²) in [5.41, 5.74) is 1.21. The highest BCUT2D eigenvalue weighted by Gasteiger charge is 2.24. The van der Waals surface area contributed by atoms with E-state index in [0.717, 1.165) is 6.92 Å². The summed E-state index contributed by atoms with van der Waals surface area (Å²) >= 11 is 0. The topological polar surface area (TPSA) is 21.6 Å². The van der Waals surface area contributed by atoms with Crippen molar-refractivity contribution in [1.82, 2.24) is 0 Å². The van der Waals surface area contributed by atoms with Gasteiger partial charge in [0.1, 0.15) is 6.10 Å². The maximum absolute atomic E-state index is 13.1. The van der Waals surface area contributed by atoms with E-state index in [2.05, 4.69) is 5.16 Å². The van der Waals surface area contributed by atoms with E-state index in [1.165, 1.54) is 12.1 Å². The third-order valence-electron chi connectivity index (χ3n) is 2.19. The van der Waals surface area contributed by atoms with Crippen LogP contribution in [0.4, 0.5) is 8.78 Å². The van der Waals surface area contributed by atoms with Crippen molar-refractivity contribution in [2.24, 2.45) is 5.16 Å². The molecule has 0 N–H and O–H groups in total. The predicted octanol–water partition coefficient (Wildman–Crippen LogP) is 3.95. The number of halogens is 2. The van der Waals surface area contributed by atoms with Crippen LogP contribution in [0.25, 0.3) is 0 Å². The van der Waals surface area contributed by atoms with E-state index in [0.29, 0.717) is 11.3 Å². The third kappa shape index (κ3) is 4.13. The molecule has 0 aromatic heterocycles. The van der Waals surface area contributed by atoms with Crippen molar-refractivity contribution in [1.29, 1.82) is 0 Å². The maximum atomic E-state index is 13.1. The van der Waals surface area contributed by atoms with Gasteiger partial charge in [-0.3, -0.25) is 0 Å². The molecular weight excluding hydrogens is 224 g/mol. The van der Waals surface area contributed by atoms with Crippen molar-refractivity contribution in [2.75, 3.05) is 0 Å². The summed E-state index contributed by atoms with van der Waals surface area (Å²) in [7, 11) is 0. The van der Waals surface area contributed by atoms with Crippen LogP contribution in [0, 0.1) is 0 Å². The second kappa shape index (κ2) is 5.25. The van der Waals surface area contributed by atoms with Crippen molar-refractivity contribution in [3.05, 3.63) is 35.4 Å². The lowest BCUT2D eigenvalue weighted by molar-refractivity contribution is 0.0174. The Bertz CT molecular complexity index is 408. The average Bonchev–Trinajstić information content (AvgIpc) is 2.25. The van der Waals surface area contributed by atoms with E-state index < -0.39 is 5.92 Å². The fourth-order valence-electron chi connectivity index (χ4n) is 1.25. The van der Waals surface area contributed by atoms with Crippen LogP contribution in [0.15, 0.2) is 29.4 Å². The average molecular weight is 241 g/mol. The molecule has 1 rings (SSSR count). The molecule has 0 saturated carbocycles. The Labute approximate surface area is 100 Å². The van der Waals surface area contributed by atoms with Crippen molar-refractivity contribution >= 4 is 5.71 Å². The highest BCUT2D eigenvalue weighted by atomic mass is 19.3. The van der Waals surface area contributed by atoms with Crippen LogP contribution in [0.1, 0.15) is 38.8 Å². The van der Waals surface area contributed by atoms with Crippen molar-refractivity contribution < 1.29 is 13.6 Å². The molecule has 0 aliphatic heterocycles. The van der Waals surface area contributed by atoms with E-state index in [1.54, 1.807) is 19.1 Å². The molecule has 17 heavy (non-hydrogen) atoms. The molecule has 0 unspecified atom stereocenters. The van der Waals surface area contributed by atoms with E-state index in [9.17, 15) is 8.78 Å². The molecule has 0 aliphatic carbocycles. The fraction of sp³-hybridized carbons (Fsp3) is 0.462. The van der Waals surface area contributed by atoms with Gasteiger partial charge in [0, 0.05) is 12.5 Å². The maximum Gasteiger partial charge on any atom is 0.270 e. The van der Waals surface area contributed by atoms with Crippen LogP contribution in [0.3, 0.4) is 0 Å². The molecule has 0 spiro atoms. The quantitative estimate of drug-likeness (QED) is 0.577. The molecule has 0 heterocycles. The minimum Gasteiger partial charge on any atom is -0.393 e. The van der Waals surface area contributed by atoms with Crippen molar-refractivity contribution in [3.8, 4) is 0 Å². The van der Waals surface area contributed by atoms with E-state index in [-0.39, 0.29) is 11.7 Å². The Hall–Kier alpha value is -1.45. The van der Waals surface area contributed by atoms with Crippen LogP contribution in [0.5, 0.6) is 0 Å². The molecule has 0 saturated heterocycles. The highest BCUT2D eigenvalue weighted by Crippen LogP contribution is 2.27. The lowest BCUT2D eigenvalue weighted by Crippen LogP contribution is -2.08. The zero-order valence-corrected chi connectivity index (χ0v) is 10.5. The van der Waals surface area contributed by atoms with Crippen LogP contribution < -0.4 is 0 Å². The van der Waals surface area contributed by atoms with Gasteiger partial charge in [-0.25, -0.2) is 8.78 Å². The summed E-state index contributed by atoms with van der Waals surface area (Å²) in [6.07, 6.45) is -0.0271. The van der Waals surface area contributed by atoms with E-state index >= 15 is 0 Å². The summed E-state index contributed by atoms with van der Waals surface area (Å²) in [6.45, 7) is 6.32. The SMILES string of the molecule is C/C(=N\OC(C)C)c1cccc(C(C)(F)F)c1. The molecule has 0 atom stereocenters. The lowest BCUT2D eigenvalue weighted by Gasteiger charge is -2.12. The number of benzene rings is 1. The molecule has 1 aromatic carbocycles. The molecule has 0 amide bonds. The zero-order valence-electron chi connectivity index (χ0n) is 10.5. The summed E-state index contributed by atoms with van der Waals surface area (Å²) in [4.78, 5) is 5.08. The molecule has 0 aliphatic rings. The molecule has 2 nitrogen and oxygen atoms in total. The minimum absolute atomic E-state index is 0.0194. The molecule has 0 radical (unpaired) electrons. The van der Waals surface area contributed by atoms with Gasteiger partial charge >= 0.3 is 0 Å². The van der Waals surface area contributed by atoms with E-state index in [4.69, 9.17) is 4.84 Å². The molecule has 94 valence electrons. The van der Waals surface area contributed by atoms with Crippen LogP contribution >= 0.6 is 0 Å². The lowest BCUT2D eigenvalue weighted by atomic mass is 10.0. The van der Waals surface area contributed by atoms with Gasteiger partial charge < -0.3 is 4.84 Å². The Morgan fingerprint density at radius 2 is 2.00 bits per heavy atom. The number of alkyl halides is 2. The molecular formula is C13H17F2NO. The minimum atomic E-state index is -2.84. The largest absolute Gasteiger partial charge is 0.393 e. The second-order valence-electron chi connectivity index (χ2n) is 4.30. The summed E-state index contributed by atoms with van der Waals surface area (Å²) in [5.74, 6) is -2.84. The van der Waals surface area contributed by atoms with Crippen molar-refractivity contribution in [3.63, 3.8) is 0 Å². The van der Waals surface area contributed by atoms with Crippen molar-refractivity contribution in [2.45, 2.75) is 39.7 Å². The van der Waals surface area contributed by atoms with Crippen LogP contribution in [-0.2, 0) is 10.8 Å². The van der Waals surface area contributed by atoms with Gasteiger partial charge in [-0.2, -0.15) is 0 Å².